The second kappa shape index (κ2) is 8.85. The first kappa shape index (κ1) is 14.9. The van der Waals surface area contributed by atoms with Gasteiger partial charge in [-0.05, 0) is 6.07 Å². The van der Waals surface area contributed by atoms with Crippen LogP contribution in [0, 0.1) is 0 Å². The van der Waals surface area contributed by atoms with E-state index in [4.69, 9.17) is 9.47 Å². The third-order valence-corrected chi connectivity index (χ3v) is 2.75. The fourth-order valence-corrected chi connectivity index (χ4v) is 1.74. The Morgan fingerprint density at radius 1 is 1.22 bits per heavy atom. The number of ether oxygens (including phenoxy) is 2. The Morgan fingerprint density at radius 3 is 2.44 bits per heavy atom. The highest BCUT2D eigenvalue weighted by atomic mass is 16.5. The topological polar surface area (TPSA) is 46.6 Å². The van der Waals surface area contributed by atoms with Crippen molar-refractivity contribution >= 4 is 5.82 Å². The molecule has 5 heteroatoms. The molecule has 1 aromatic heterocycles. The lowest BCUT2D eigenvalue weighted by Crippen LogP contribution is -2.30. The number of anilines is 1. The van der Waals surface area contributed by atoms with Gasteiger partial charge in [-0.25, -0.2) is 4.98 Å². The lowest BCUT2D eigenvalue weighted by atomic mass is 10.2. The summed E-state index contributed by atoms with van der Waals surface area (Å²) < 4.78 is 10.3. The number of nitrogens with zero attached hydrogens (tertiary/aromatic N) is 2. The van der Waals surface area contributed by atoms with Crippen molar-refractivity contribution in [2.24, 2.45) is 0 Å². The summed E-state index contributed by atoms with van der Waals surface area (Å²) in [6.45, 7) is 4.06. The van der Waals surface area contributed by atoms with Crippen LogP contribution in [0.1, 0.15) is 5.56 Å². The Labute approximate surface area is 109 Å². The van der Waals surface area contributed by atoms with Gasteiger partial charge >= 0.3 is 0 Å². The van der Waals surface area contributed by atoms with Gasteiger partial charge in [0.05, 0.1) is 13.2 Å². The van der Waals surface area contributed by atoms with Gasteiger partial charge in [0.25, 0.3) is 0 Å². The van der Waals surface area contributed by atoms with E-state index in [1.807, 2.05) is 13.1 Å². The summed E-state index contributed by atoms with van der Waals surface area (Å²) in [6.07, 6.45) is 1.80. The molecule has 1 aromatic rings. The highest BCUT2D eigenvalue weighted by Gasteiger charge is 2.09. The van der Waals surface area contributed by atoms with Gasteiger partial charge in [0.15, 0.2) is 0 Å². The number of rotatable bonds is 9. The number of hydrogen-bond donors (Lipinski definition) is 1. The first-order valence-corrected chi connectivity index (χ1v) is 6.13. The third kappa shape index (κ3) is 5.00. The average Bonchev–Trinajstić information content (AvgIpc) is 2.42. The van der Waals surface area contributed by atoms with Gasteiger partial charge in [-0.3, -0.25) is 4.90 Å². The van der Waals surface area contributed by atoms with Gasteiger partial charge < -0.3 is 14.8 Å². The number of methoxy groups -OCH3 is 2. The summed E-state index contributed by atoms with van der Waals surface area (Å²) in [5.41, 5.74) is 1.19. The molecule has 0 aliphatic rings. The molecule has 0 fully saturated rings. The summed E-state index contributed by atoms with van der Waals surface area (Å²) >= 11 is 0. The molecule has 1 heterocycles. The third-order valence-electron chi connectivity index (χ3n) is 2.75. The van der Waals surface area contributed by atoms with Gasteiger partial charge in [0.2, 0.25) is 0 Å². The Kier molecular flexibility index (Phi) is 7.32. The van der Waals surface area contributed by atoms with E-state index in [2.05, 4.69) is 21.3 Å². The number of nitrogens with one attached hydrogen (secondary N) is 1. The number of hydrogen-bond acceptors (Lipinski definition) is 5. The molecule has 0 spiro atoms. The predicted molar refractivity (Wildman–Crippen MR) is 72.8 cm³/mol. The molecule has 0 aliphatic carbocycles. The maximum atomic E-state index is 5.13. The van der Waals surface area contributed by atoms with Crippen molar-refractivity contribution in [3.8, 4) is 0 Å². The quantitative estimate of drug-likeness (QED) is 0.717. The number of aromatic nitrogens is 1. The molecule has 102 valence electrons. The molecule has 0 radical (unpaired) electrons. The van der Waals surface area contributed by atoms with Crippen LogP contribution in [-0.4, -0.2) is 57.5 Å². The van der Waals surface area contributed by atoms with Crippen molar-refractivity contribution in [3.63, 3.8) is 0 Å². The average molecular weight is 253 g/mol. The van der Waals surface area contributed by atoms with Crippen LogP contribution in [0.4, 0.5) is 5.82 Å². The summed E-state index contributed by atoms with van der Waals surface area (Å²) in [7, 11) is 5.33. The first-order valence-electron chi connectivity index (χ1n) is 6.13. The minimum absolute atomic E-state index is 0.721. The van der Waals surface area contributed by atoms with Crippen LogP contribution in [0.3, 0.4) is 0 Å². The predicted octanol–water partition coefficient (Wildman–Crippen LogP) is 1.22. The smallest absolute Gasteiger partial charge is 0.130 e. The fourth-order valence-electron chi connectivity index (χ4n) is 1.74. The Hall–Kier alpha value is -1.17. The molecule has 0 atom stereocenters. The van der Waals surface area contributed by atoms with E-state index in [1.165, 1.54) is 5.56 Å². The summed E-state index contributed by atoms with van der Waals surface area (Å²) in [5.74, 6) is 0.928. The van der Waals surface area contributed by atoms with Crippen molar-refractivity contribution < 1.29 is 9.47 Å². The van der Waals surface area contributed by atoms with Crippen LogP contribution in [0.5, 0.6) is 0 Å². The van der Waals surface area contributed by atoms with E-state index in [-0.39, 0.29) is 0 Å². The minimum Gasteiger partial charge on any atom is -0.383 e. The fraction of sp³-hybridized carbons (Fsp3) is 0.615. The molecule has 5 nitrogen and oxygen atoms in total. The Morgan fingerprint density at radius 2 is 1.89 bits per heavy atom. The molecule has 0 saturated carbocycles. The van der Waals surface area contributed by atoms with Gasteiger partial charge in [-0.15, -0.1) is 0 Å². The van der Waals surface area contributed by atoms with E-state index < -0.39 is 0 Å². The highest BCUT2D eigenvalue weighted by Crippen LogP contribution is 2.13. The molecule has 0 saturated heterocycles. The first-order chi connectivity index (χ1) is 8.81. The minimum atomic E-state index is 0.721. The molecule has 0 unspecified atom stereocenters. The largest absolute Gasteiger partial charge is 0.383 e. The van der Waals surface area contributed by atoms with Crippen LogP contribution >= 0.6 is 0 Å². The van der Waals surface area contributed by atoms with Crippen LogP contribution in [0.15, 0.2) is 18.3 Å². The molecule has 1 rings (SSSR count). The van der Waals surface area contributed by atoms with E-state index >= 15 is 0 Å². The molecule has 1 N–H and O–H groups in total. The summed E-state index contributed by atoms with van der Waals surface area (Å²) in [4.78, 5) is 6.61. The van der Waals surface area contributed by atoms with Gasteiger partial charge in [0.1, 0.15) is 5.82 Å². The molecular weight excluding hydrogens is 230 g/mol. The van der Waals surface area contributed by atoms with E-state index in [0.29, 0.717) is 0 Å². The maximum absolute atomic E-state index is 5.13. The molecule has 0 aromatic carbocycles. The SMILES string of the molecule is CNc1ncccc1CN(CCOC)CCOC. The molecule has 0 bridgehead atoms. The van der Waals surface area contributed by atoms with E-state index in [0.717, 1.165) is 38.7 Å². The second-order valence-electron chi connectivity index (χ2n) is 4.02. The van der Waals surface area contributed by atoms with Crippen LogP contribution in [0.25, 0.3) is 0 Å². The summed E-state index contributed by atoms with van der Waals surface area (Å²) in [6, 6.07) is 4.05. The van der Waals surface area contributed by atoms with Crippen molar-refractivity contribution in [2.75, 3.05) is 52.9 Å². The van der Waals surface area contributed by atoms with Crippen molar-refractivity contribution in [2.45, 2.75) is 6.54 Å². The molecule has 0 aliphatic heterocycles. The van der Waals surface area contributed by atoms with E-state index in [9.17, 15) is 0 Å². The Bertz CT molecular complexity index is 326. The van der Waals surface area contributed by atoms with E-state index in [1.54, 1.807) is 20.4 Å². The lowest BCUT2D eigenvalue weighted by molar-refractivity contribution is 0.110. The lowest BCUT2D eigenvalue weighted by Gasteiger charge is -2.22. The molecule has 18 heavy (non-hydrogen) atoms. The van der Waals surface area contributed by atoms with Gasteiger partial charge in [-0.2, -0.15) is 0 Å². The number of pyridine rings is 1. The zero-order chi connectivity index (χ0) is 13.2. The second-order valence-corrected chi connectivity index (χ2v) is 4.02. The standard InChI is InChI=1S/C13H23N3O2/c1-14-13-12(5-4-6-15-13)11-16(7-9-17-2)8-10-18-3/h4-6H,7-11H2,1-3H3,(H,14,15). The van der Waals surface area contributed by atoms with Crippen molar-refractivity contribution in [3.05, 3.63) is 23.9 Å². The van der Waals surface area contributed by atoms with Gasteiger partial charge in [-0.1, -0.05) is 6.07 Å². The van der Waals surface area contributed by atoms with Gasteiger partial charge in [0, 0.05) is 52.7 Å². The zero-order valence-electron chi connectivity index (χ0n) is 11.5. The normalized spacial score (nSPS) is 10.9. The van der Waals surface area contributed by atoms with Crippen LogP contribution in [-0.2, 0) is 16.0 Å². The molecular formula is C13H23N3O2. The zero-order valence-corrected chi connectivity index (χ0v) is 11.5. The Balaban J connectivity index is 2.62. The monoisotopic (exact) mass is 253 g/mol. The maximum Gasteiger partial charge on any atom is 0.130 e. The molecule has 0 amide bonds. The highest BCUT2D eigenvalue weighted by molar-refractivity contribution is 5.42. The summed E-state index contributed by atoms with van der Waals surface area (Å²) in [5, 5.41) is 3.11. The van der Waals surface area contributed by atoms with Crippen molar-refractivity contribution in [1.82, 2.24) is 9.88 Å². The van der Waals surface area contributed by atoms with Crippen LogP contribution in [0.2, 0.25) is 0 Å². The van der Waals surface area contributed by atoms with Crippen LogP contribution < -0.4 is 5.32 Å². The van der Waals surface area contributed by atoms with Crippen molar-refractivity contribution in [1.29, 1.82) is 0 Å².